The van der Waals surface area contributed by atoms with Gasteiger partial charge >= 0.3 is 0 Å². The maximum atomic E-state index is 11.7. The standard InChI is InChI=1S/C11H12N2O2/c1-2-7-10(14)8-5-3-4-6-9(8)13(12)11(7)15/h3-6,14H,2,12H2,1H3. The smallest absolute Gasteiger partial charge is 0.276 e. The number of rotatable bonds is 1. The number of nitrogens with zero attached hydrogens (tertiary/aromatic N) is 1. The molecule has 0 spiro atoms. The van der Waals surface area contributed by atoms with Gasteiger partial charge in [0, 0.05) is 5.39 Å². The van der Waals surface area contributed by atoms with E-state index in [1.165, 1.54) is 0 Å². The first-order valence-electron chi connectivity index (χ1n) is 4.77. The highest BCUT2D eigenvalue weighted by Crippen LogP contribution is 2.25. The van der Waals surface area contributed by atoms with Crippen LogP contribution in [-0.2, 0) is 6.42 Å². The number of hydrogen-bond donors (Lipinski definition) is 2. The third-order valence-corrected chi connectivity index (χ3v) is 2.54. The van der Waals surface area contributed by atoms with Crippen LogP contribution in [0.15, 0.2) is 29.1 Å². The van der Waals surface area contributed by atoms with Gasteiger partial charge < -0.3 is 10.9 Å². The normalized spacial score (nSPS) is 10.7. The highest BCUT2D eigenvalue weighted by molar-refractivity contribution is 5.86. The number of nitrogens with two attached hydrogens (primary N) is 1. The van der Waals surface area contributed by atoms with Crippen LogP contribution < -0.4 is 11.4 Å². The van der Waals surface area contributed by atoms with Gasteiger partial charge in [-0.3, -0.25) is 4.79 Å². The maximum absolute atomic E-state index is 11.7. The molecule has 0 aliphatic heterocycles. The van der Waals surface area contributed by atoms with Gasteiger partial charge in [-0.1, -0.05) is 19.1 Å². The molecular formula is C11H12N2O2. The predicted octanol–water partition coefficient (Wildman–Crippen LogP) is 0.983. The van der Waals surface area contributed by atoms with Crippen molar-refractivity contribution in [2.24, 2.45) is 0 Å². The van der Waals surface area contributed by atoms with Gasteiger partial charge in [0.05, 0.1) is 11.1 Å². The summed E-state index contributed by atoms with van der Waals surface area (Å²) >= 11 is 0. The summed E-state index contributed by atoms with van der Waals surface area (Å²) in [5.74, 6) is 5.70. The zero-order valence-electron chi connectivity index (χ0n) is 8.40. The number of para-hydroxylation sites is 1. The summed E-state index contributed by atoms with van der Waals surface area (Å²) < 4.78 is 1.08. The van der Waals surface area contributed by atoms with E-state index in [0.29, 0.717) is 22.9 Å². The lowest BCUT2D eigenvalue weighted by Gasteiger charge is -2.09. The molecule has 3 N–H and O–H groups in total. The fraction of sp³-hybridized carbons (Fsp3) is 0.182. The summed E-state index contributed by atoms with van der Waals surface area (Å²) in [5.41, 5.74) is 0.558. The van der Waals surface area contributed by atoms with E-state index in [9.17, 15) is 9.90 Å². The molecule has 4 heteroatoms. The number of aromatic hydroxyl groups is 1. The second kappa shape index (κ2) is 3.31. The minimum absolute atomic E-state index is 0.0415. The molecule has 1 aromatic carbocycles. The molecule has 0 aliphatic carbocycles. The van der Waals surface area contributed by atoms with Gasteiger partial charge in [0.1, 0.15) is 5.75 Å². The maximum Gasteiger partial charge on any atom is 0.276 e. The Kier molecular flexibility index (Phi) is 2.11. The Morgan fingerprint density at radius 2 is 2.07 bits per heavy atom. The molecule has 0 fully saturated rings. The minimum atomic E-state index is -0.339. The Bertz CT molecular complexity index is 573. The molecular weight excluding hydrogens is 192 g/mol. The molecule has 0 bridgehead atoms. The van der Waals surface area contributed by atoms with Crippen molar-refractivity contribution in [1.82, 2.24) is 4.68 Å². The molecule has 1 aromatic heterocycles. The predicted molar refractivity (Wildman–Crippen MR) is 59.4 cm³/mol. The molecule has 0 amide bonds. The van der Waals surface area contributed by atoms with E-state index < -0.39 is 0 Å². The van der Waals surface area contributed by atoms with Crippen LogP contribution in [0.25, 0.3) is 10.9 Å². The number of benzene rings is 1. The van der Waals surface area contributed by atoms with E-state index in [-0.39, 0.29) is 11.3 Å². The second-order valence-electron chi connectivity index (χ2n) is 3.37. The number of fused-ring (bicyclic) bond motifs is 1. The first-order chi connectivity index (χ1) is 7.16. The van der Waals surface area contributed by atoms with Crippen molar-refractivity contribution in [3.8, 4) is 5.75 Å². The molecule has 15 heavy (non-hydrogen) atoms. The number of nitrogen functional groups attached to an aromatic ring is 1. The van der Waals surface area contributed by atoms with E-state index >= 15 is 0 Å². The molecule has 0 radical (unpaired) electrons. The van der Waals surface area contributed by atoms with E-state index in [1.54, 1.807) is 24.3 Å². The van der Waals surface area contributed by atoms with Crippen molar-refractivity contribution >= 4 is 10.9 Å². The average molecular weight is 204 g/mol. The van der Waals surface area contributed by atoms with Gasteiger partial charge in [-0.2, -0.15) is 0 Å². The second-order valence-corrected chi connectivity index (χ2v) is 3.37. The van der Waals surface area contributed by atoms with Crippen molar-refractivity contribution in [2.45, 2.75) is 13.3 Å². The van der Waals surface area contributed by atoms with Crippen LogP contribution in [0, 0.1) is 0 Å². The minimum Gasteiger partial charge on any atom is -0.507 e. The lowest BCUT2D eigenvalue weighted by molar-refractivity contribution is 0.472. The Morgan fingerprint density at radius 3 is 2.73 bits per heavy atom. The van der Waals surface area contributed by atoms with Crippen molar-refractivity contribution in [2.75, 3.05) is 5.84 Å². The first kappa shape index (κ1) is 9.58. The number of hydrogen-bond acceptors (Lipinski definition) is 3. The Balaban J connectivity index is 3.03. The van der Waals surface area contributed by atoms with Gasteiger partial charge in [0.2, 0.25) is 0 Å². The van der Waals surface area contributed by atoms with Crippen LogP contribution in [-0.4, -0.2) is 9.78 Å². The summed E-state index contributed by atoms with van der Waals surface area (Å²) in [5, 5.41) is 10.5. The van der Waals surface area contributed by atoms with Gasteiger partial charge in [-0.15, -0.1) is 0 Å². The van der Waals surface area contributed by atoms with E-state index in [4.69, 9.17) is 5.84 Å². The number of pyridine rings is 1. The molecule has 4 nitrogen and oxygen atoms in total. The van der Waals surface area contributed by atoms with Crippen molar-refractivity contribution < 1.29 is 5.11 Å². The molecule has 2 aromatic rings. The molecule has 0 unspecified atom stereocenters. The summed E-state index contributed by atoms with van der Waals surface area (Å²) in [6.45, 7) is 1.81. The molecule has 2 rings (SSSR count). The SMILES string of the molecule is CCc1c(O)c2ccccc2n(N)c1=O. The molecule has 0 atom stereocenters. The van der Waals surface area contributed by atoms with Crippen LogP contribution in [0.4, 0.5) is 0 Å². The fourth-order valence-electron chi connectivity index (χ4n) is 1.72. The zero-order valence-corrected chi connectivity index (χ0v) is 8.40. The zero-order chi connectivity index (χ0) is 11.0. The fourth-order valence-corrected chi connectivity index (χ4v) is 1.72. The van der Waals surface area contributed by atoms with Gasteiger partial charge in [0.15, 0.2) is 0 Å². The van der Waals surface area contributed by atoms with Crippen LogP contribution in [0.3, 0.4) is 0 Å². The average Bonchev–Trinajstić information content (AvgIpc) is 2.27. The molecule has 0 saturated carbocycles. The monoisotopic (exact) mass is 204 g/mol. The quantitative estimate of drug-likeness (QED) is 0.680. The number of aromatic nitrogens is 1. The molecule has 1 heterocycles. The summed E-state index contributed by atoms with van der Waals surface area (Å²) in [6, 6.07) is 7.02. The third kappa shape index (κ3) is 1.26. The highest BCUT2D eigenvalue weighted by Gasteiger charge is 2.12. The third-order valence-electron chi connectivity index (χ3n) is 2.54. The molecule has 0 saturated heterocycles. The Hall–Kier alpha value is -1.97. The van der Waals surface area contributed by atoms with Gasteiger partial charge in [-0.05, 0) is 18.6 Å². The van der Waals surface area contributed by atoms with E-state index in [0.717, 1.165) is 4.68 Å². The topological polar surface area (TPSA) is 68.2 Å². The first-order valence-corrected chi connectivity index (χ1v) is 4.77. The molecule has 78 valence electrons. The lowest BCUT2D eigenvalue weighted by atomic mass is 10.1. The lowest BCUT2D eigenvalue weighted by Crippen LogP contribution is -2.30. The van der Waals surface area contributed by atoms with Crippen molar-refractivity contribution in [3.63, 3.8) is 0 Å². The largest absolute Gasteiger partial charge is 0.507 e. The summed E-state index contributed by atoms with van der Waals surface area (Å²) in [4.78, 5) is 11.7. The van der Waals surface area contributed by atoms with Crippen molar-refractivity contribution in [3.05, 3.63) is 40.2 Å². The Morgan fingerprint density at radius 1 is 1.40 bits per heavy atom. The Labute approximate surface area is 86.5 Å². The van der Waals surface area contributed by atoms with Crippen LogP contribution in [0.5, 0.6) is 5.75 Å². The van der Waals surface area contributed by atoms with E-state index in [2.05, 4.69) is 0 Å². The van der Waals surface area contributed by atoms with Crippen LogP contribution in [0.2, 0.25) is 0 Å². The summed E-state index contributed by atoms with van der Waals surface area (Å²) in [7, 11) is 0. The van der Waals surface area contributed by atoms with Gasteiger partial charge in [-0.25, -0.2) is 4.68 Å². The molecule has 0 aliphatic rings. The van der Waals surface area contributed by atoms with E-state index in [1.807, 2.05) is 6.92 Å². The summed E-state index contributed by atoms with van der Waals surface area (Å²) in [6.07, 6.45) is 0.465. The highest BCUT2D eigenvalue weighted by atomic mass is 16.3. The van der Waals surface area contributed by atoms with Crippen LogP contribution >= 0.6 is 0 Å². The van der Waals surface area contributed by atoms with Crippen LogP contribution in [0.1, 0.15) is 12.5 Å². The van der Waals surface area contributed by atoms with Gasteiger partial charge in [0.25, 0.3) is 5.56 Å². The van der Waals surface area contributed by atoms with Crippen molar-refractivity contribution in [1.29, 1.82) is 0 Å².